The van der Waals surface area contributed by atoms with Crippen LogP contribution in [0.1, 0.15) is 27.7 Å². The third-order valence-electron chi connectivity index (χ3n) is 5.30. The number of rotatable bonds is 4. The first-order chi connectivity index (χ1) is 15.2. The van der Waals surface area contributed by atoms with Gasteiger partial charge in [0.05, 0.1) is 24.4 Å². The van der Waals surface area contributed by atoms with Crippen molar-refractivity contribution in [1.29, 1.82) is 0 Å². The van der Waals surface area contributed by atoms with Gasteiger partial charge in [0.2, 0.25) is 0 Å². The standard InChI is InChI=1S/C23H19FN2O5S/c1-11-12(2)32-23(25-11)26-19(14-6-9-16(27)17(10-14)31-3)18(21(29)22(26)30)20(28)13-4-7-15(24)8-5-13/h4-10,19,27-28H,1-3H3/b20-18+/t19-/m0/s1. The van der Waals surface area contributed by atoms with Gasteiger partial charge >= 0.3 is 5.91 Å². The second kappa shape index (κ2) is 8.08. The van der Waals surface area contributed by atoms with Crippen LogP contribution in [-0.4, -0.2) is 34.0 Å². The zero-order valence-corrected chi connectivity index (χ0v) is 18.2. The van der Waals surface area contributed by atoms with Gasteiger partial charge in [-0.25, -0.2) is 9.37 Å². The van der Waals surface area contributed by atoms with E-state index in [9.17, 15) is 24.2 Å². The fourth-order valence-corrected chi connectivity index (χ4v) is 4.47. The molecule has 1 atom stereocenters. The van der Waals surface area contributed by atoms with E-state index in [-0.39, 0.29) is 22.6 Å². The zero-order valence-electron chi connectivity index (χ0n) is 17.4. The van der Waals surface area contributed by atoms with Crippen molar-refractivity contribution in [3.63, 3.8) is 0 Å². The summed E-state index contributed by atoms with van der Waals surface area (Å²) in [7, 11) is 1.38. The summed E-state index contributed by atoms with van der Waals surface area (Å²) in [6.07, 6.45) is 0. The lowest BCUT2D eigenvalue weighted by atomic mass is 9.95. The Kier molecular flexibility index (Phi) is 5.43. The van der Waals surface area contributed by atoms with Gasteiger partial charge in [0.25, 0.3) is 5.78 Å². The quantitative estimate of drug-likeness (QED) is 0.348. The van der Waals surface area contributed by atoms with Crippen molar-refractivity contribution in [2.75, 3.05) is 12.0 Å². The smallest absolute Gasteiger partial charge is 0.301 e. The summed E-state index contributed by atoms with van der Waals surface area (Å²) in [4.78, 5) is 32.7. The molecule has 0 saturated carbocycles. The number of ether oxygens (including phenoxy) is 1. The van der Waals surface area contributed by atoms with Gasteiger partial charge in [-0.2, -0.15) is 0 Å². The Morgan fingerprint density at radius 2 is 1.84 bits per heavy atom. The molecule has 3 aromatic rings. The van der Waals surface area contributed by atoms with Crippen molar-refractivity contribution < 1.29 is 28.9 Å². The average molecular weight is 454 g/mol. The van der Waals surface area contributed by atoms with Gasteiger partial charge in [0.15, 0.2) is 16.6 Å². The fourth-order valence-electron chi connectivity index (χ4n) is 3.53. The largest absolute Gasteiger partial charge is 0.507 e. The Morgan fingerprint density at radius 1 is 1.16 bits per heavy atom. The molecule has 1 fully saturated rings. The number of aryl methyl sites for hydroxylation is 2. The minimum Gasteiger partial charge on any atom is -0.507 e. The molecule has 2 heterocycles. The lowest BCUT2D eigenvalue weighted by molar-refractivity contribution is -0.132. The number of carbonyl (C=O) groups excluding carboxylic acids is 2. The van der Waals surface area contributed by atoms with Gasteiger partial charge in [-0.1, -0.05) is 6.07 Å². The molecule has 1 aromatic heterocycles. The van der Waals surface area contributed by atoms with E-state index in [4.69, 9.17) is 4.74 Å². The van der Waals surface area contributed by atoms with E-state index < -0.39 is 29.3 Å². The number of hydrogen-bond donors (Lipinski definition) is 2. The van der Waals surface area contributed by atoms with Crippen molar-refractivity contribution in [3.05, 3.63) is 75.6 Å². The molecule has 4 rings (SSSR count). The molecule has 0 aliphatic carbocycles. The number of nitrogens with zero attached hydrogens (tertiary/aromatic N) is 2. The maximum absolute atomic E-state index is 13.4. The molecule has 0 bridgehead atoms. The van der Waals surface area contributed by atoms with E-state index in [0.29, 0.717) is 16.4 Å². The Balaban J connectivity index is 1.97. The van der Waals surface area contributed by atoms with Crippen LogP contribution >= 0.6 is 11.3 Å². The molecule has 1 amide bonds. The first kappa shape index (κ1) is 21.5. The summed E-state index contributed by atoms with van der Waals surface area (Å²) in [6, 6.07) is 8.32. The highest BCUT2D eigenvalue weighted by Gasteiger charge is 2.48. The summed E-state index contributed by atoms with van der Waals surface area (Å²) in [5.41, 5.74) is 1.16. The number of methoxy groups -OCH3 is 1. The molecule has 0 spiro atoms. The third kappa shape index (κ3) is 3.50. The molecule has 2 N–H and O–H groups in total. The Morgan fingerprint density at radius 3 is 2.44 bits per heavy atom. The number of halogens is 1. The number of ketones is 1. The molecular weight excluding hydrogens is 435 g/mol. The first-order valence-electron chi connectivity index (χ1n) is 9.60. The van der Waals surface area contributed by atoms with Crippen LogP contribution in [0.15, 0.2) is 48.0 Å². The van der Waals surface area contributed by atoms with Gasteiger partial charge in [0.1, 0.15) is 11.6 Å². The van der Waals surface area contributed by atoms with Gasteiger partial charge in [-0.05, 0) is 55.8 Å². The summed E-state index contributed by atoms with van der Waals surface area (Å²) in [5.74, 6) is -2.66. The van der Waals surface area contributed by atoms with Crippen LogP contribution in [-0.2, 0) is 9.59 Å². The Hall–Kier alpha value is -3.72. The number of aliphatic hydroxyl groups excluding tert-OH is 1. The third-order valence-corrected chi connectivity index (χ3v) is 6.38. The number of amides is 1. The maximum atomic E-state index is 13.4. The molecule has 32 heavy (non-hydrogen) atoms. The number of aromatic hydroxyl groups is 1. The van der Waals surface area contributed by atoms with Gasteiger partial charge in [-0.15, -0.1) is 11.3 Å². The monoisotopic (exact) mass is 454 g/mol. The van der Waals surface area contributed by atoms with Gasteiger partial charge in [-0.3, -0.25) is 14.5 Å². The van der Waals surface area contributed by atoms with Gasteiger partial charge in [0, 0.05) is 10.4 Å². The van der Waals surface area contributed by atoms with Crippen molar-refractivity contribution in [2.45, 2.75) is 19.9 Å². The van der Waals surface area contributed by atoms with Crippen LogP contribution in [0.4, 0.5) is 9.52 Å². The molecule has 0 radical (unpaired) electrons. The Labute approximate surface area is 187 Å². The molecule has 1 aliphatic rings. The second-order valence-corrected chi connectivity index (χ2v) is 8.43. The molecule has 2 aromatic carbocycles. The zero-order chi connectivity index (χ0) is 23.2. The number of carbonyl (C=O) groups is 2. The van der Waals surface area contributed by atoms with E-state index in [1.54, 1.807) is 6.92 Å². The fraction of sp³-hybridized carbons (Fsp3) is 0.174. The minimum absolute atomic E-state index is 0.118. The number of hydrogen-bond acceptors (Lipinski definition) is 7. The predicted octanol–water partition coefficient (Wildman–Crippen LogP) is 4.24. The van der Waals surface area contributed by atoms with Gasteiger partial charge < -0.3 is 14.9 Å². The van der Waals surface area contributed by atoms with Crippen LogP contribution in [0.25, 0.3) is 5.76 Å². The predicted molar refractivity (Wildman–Crippen MR) is 117 cm³/mol. The van der Waals surface area contributed by atoms with Crippen LogP contribution in [0, 0.1) is 19.7 Å². The maximum Gasteiger partial charge on any atom is 0.301 e. The molecule has 1 saturated heterocycles. The number of phenols is 1. The average Bonchev–Trinajstić information content (AvgIpc) is 3.24. The van der Waals surface area contributed by atoms with E-state index >= 15 is 0 Å². The summed E-state index contributed by atoms with van der Waals surface area (Å²) < 4.78 is 18.6. The number of phenolic OH excluding ortho intramolecular Hbond substituents is 1. The second-order valence-electron chi connectivity index (χ2n) is 7.25. The summed E-state index contributed by atoms with van der Waals surface area (Å²) >= 11 is 1.25. The minimum atomic E-state index is -1.03. The molecule has 0 unspecified atom stereocenters. The number of thiazole rings is 1. The highest BCUT2D eigenvalue weighted by Crippen LogP contribution is 2.45. The number of aliphatic hydroxyl groups is 1. The van der Waals surface area contributed by atoms with Crippen molar-refractivity contribution in [1.82, 2.24) is 4.98 Å². The Bertz CT molecular complexity index is 1250. The first-order valence-corrected chi connectivity index (χ1v) is 10.4. The molecule has 1 aliphatic heterocycles. The van der Waals surface area contributed by atoms with Crippen molar-refractivity contribution in [2.24, 2.45) is 0 Å². The van der Waals surface area contributed by atoms with E-state index in [1.165, 1.54) is 53.7 Å². The molecule has 164 valence electrons. The van der Waals surface area contributed by atoms with E-state index in [0.717, 1.165) is 17.0 Å². The number of Topliss-reactive ketones (excluding diaryl/α,β-unsaturated/α-hetero) is 1. The topological polar surface area (TPSA) is 100.0 Å². The summed E-state index contributed by atoms with van der Waals surface area (Å²) in [5, 5.41) is 21.3. The number of aromatic nitrogens is 1. The molecule has 7 nitrogen and oxygen atoms in total. The lowest BCUT2D eigenvalue weighted by Crippen LogP contribution is -2.29. The van der Waals surface area contributed by atoms with E-state index in [1.807, 2.05) is 6.92 Å². The number of benzene rings is 2. The highest BCUT2D eigenvalue weighted by atomic mass is 32.1. The van der Waals surface area contributed by atoms with Crippen LogP contribution in [0.3, 0.4) is 0 Å². The normalized spacial score (nSPS) is 17.8. The molecular formula is C23H19FN2O5S. The van der Waals surface area contributed by atoms with Crippen molar-refractivity contribution >= 4 is 33.9 Å². The summed E-state index contributed by atoms with van der Waals surface area (Å²) in [6.45, 7) is 3.65. The SMILES string of the molecule is COc1cc([C@H]2/C(=C(\O)c3ccc(F)cc3)C(=O)C(=O)N2c2nc(C)c(C)s2)ccc1O. The van der Waals surface area contributed by atoms with Crippen LogP contribution in [0.2, 0.25) is 0 Å². The van der Waals surface area contributed by atoms with E-state index in [2.05, 4.69) is 4.98 Å². The van der Waals surface area contributed by atoms with Crippen LogP contribution < -0.4 is 9.64 Å². The van der Waals surface area contributed by atoms with Crippen molar-refractivity contribution in [3.8, 4) is 11.5 Å². The molecule has 9 heteroatoms. The highest BCUT2D eigenvalue weighted by molar-refractivity contribution is 7.16. The van der Waals surface area contributed by atoms with Crippen LogP contribution in [0.5, 0.6) is 11.5 Å². The number of anilines is 1. The lowest BCUT2D eigenvalue weighted by Gasteiger charge is -2.23.